The molecular weight excluding hydrogens is 407 g/mol. The minimum atomic E-state index is -0.591. The van der Waals surface area contributed by atoms with Crippen LogP contribution in [-0.4, -0.2) is 20.6 Å². The van der Waals surface area contributed by atoms with Crippen LogP contribution in [0.15, 0.2) is 63.8 Å². The van der Waals surface area contributed by atoms with Gasteiger partial charge in [0.25, 0.3) is 0 Å². The Bertz CT molecular complexity index is 1450. The average molecular weight is 424 g/mol. The normalized spacial score (nSPS) is 12.2. The van der Waals surface area contributed by atoms with E-state index in [4.69, 9.17) is 26.5 Å². The van der Waals surface area contributed by atoms with Gasteiger partial charge in [0.1, 0.15) is 25.1 Å². The van der Waals surface area contributed by atoms with Crippen molar-refractivity contribution in [2.75, 3.05) is 6.79 Å². The molecule has 156 valence electrons. The quantitative estimate of drug-likeness (QED) is 0.368. The summed E-state index contributed by atoms with van der Waals surface area (Å²) in [6.07, 6.45) is 0. The fourth-order valence-electron chi connectivity index (χ4n) is 3.89. The highest BCUT2D eigenvalue weighted by Gasteiger charge is 2.20. The van der Waals surface area contributed by atoms with Gasteiger partial charge in [-0.25, -0.2) is 4.79 Å². The van der Waals surface area contributed by atoms with Crippen LogP contribution in [0.4, 0.5) is 0 Å². The zero-order chi connectivity index (χ0) is 22.4. The van der Waals surface area contributed by atoms with Gasteiger partial charge in [0.05, 0.1) is 16.3 Å². The van der Waals surface area contributed by atoms with Crippen LogP contribution in [0.25, 0.3) is 21.9 Å². The Morgan fingerprint density at radius 3 is 2.50 bits per heavy atom. The summed E-state index contributed by atoms with van der Waals surface area (Å²) in [6.45, 7) is 3.58. The van der Waals surface area contributed by atoms with Crippen molar-refractivity contribution in [2.45, 2.75) is 13.8 Å². The number of carbonyl (C=O) groups is 1. The number of aryl methyl sites for hydroxylation is 2. The first-order chi connectivity index (χ1) is 15.4. The van der Waals surface area contributed by atoms with Gasteiger partial charge in [-0.05, 0) is 55.3 Å². The van der Waals surface area contributed by atoms with Crippen molar-refractivity contribution in [1.82, 2.24) is 0 Å². The second-order valence-electron chi connectivity index (χ2n) is 7.52. The summed E-state index contributed by atoms with van der Waals surface area (Å²) in [5.74, 6) is 1.79. The van der Waals surface area contributed by atoms with Crippen molar-refractivity contribution in [3.05, 3.63) is 81.9 Å². The minimum absolute atomic E-state index is 0.144. The second kappa shape index (κ2) is 7.60. The molecule has 2 radical (unpaired) electrons. The van der Waals surface area contributed by atoms with Gasteiger partial charge >= 0.3 is 5.97 Å². The van der Waals surface area contributed by atoms with Crippen LogP contribution in [0.3, 0.4) is 0 Å². The van der Waals surface area contributed by atoms with E-state index in [-0.39, 0.29) is 18.0 Å². The lowest BCUT2D eigenvalue weighted by atomic mass is 9.94. The van der Waals surface area contributed by atoms with Crippen molar-refractivity contribution in [1.29, 1.82) is 0 Å². The van der Waals surface area contributed by atoms with E-state index >= 15 is 0 Å². The van der Waals surface area contributed by atoms with Crippen molar-refractivity contribution in [2.24, 2.45) is 0 Å². The zero-order valence-corrected chi connectivity index (χ0v) is 17.4. The lowest BCUT2D eigenvalue weighted by molar-refractivity contribution is 0.0737. The van der Waals surface area contributed by atoms with Crippen LogP contribution in [0, 0.1) is 13.8 Å². The monoisotopic (exact) mass is 424 g/mol. The smallest absolute Gasteiger partial charge is 0.343 e. The summed E-state index contributed by atoms with van der Waals surface area (Å²) in [4.78, 5) is 26.0. The Morgan fingerprint density at radius 2 is 1.69 bits per heavy atom. The van der Waals surface area contributed by atoms with Crippen LogP contribution < -0.4 is 25.1 Å². The van der Waals surface area contributed by atoms with E-state index < -0.39 is 5.97 Å². The first-order valence-electron chi connectivity index (χ1n) is 9.96. The topological polar surface area (TPSA) is 75.0 Å². The molecule has 0 bridgehead atoms. The number of fused-ring (bicyclic) bond motifs is 2. The molecule has 1 aliphatic heterocycles. The molecule has 0 unspecified atom stereocenters. The first-order valence-corrected chi connectivity index (χ1v) is 9.96. The minimum Gasteiger partial charge on any atom is -0.465 e. The molecule has 0 N–H and O–H groups in total. The molecule has 0 atom stereocenters. The Labute approximate surface area is 184 Å². The predicted octanol–water partition coefficient (Wildman–Crippen LogP) is 3.82. The molecule has 0 aliphatic carbocycles. The Balaban J connectivity index is 1.70. The van der Waals surface area contributed by atoms with Crippen LogP contribution in [0.5, 0.6) is 17.2 Å². The summed E-state index contributed by atoms with van der Waals surface area (Å²) in [5.41, 5.74) is 1.79. The lowest BCUT2D eigenvalue weighted by Gasteiger charge is -2.07. The molecule has 32 heavy (non-hydrogen) atoms. The van der Waals surface area contributed by atoms with Gasteiger partial charge in [-0.2, -0.15) is 0 Å². The van der Waals surface area contributed by atoms with Gasteiger partial charge in [0.15, 0.2) is 16.9 Å². The number of rotatable bonds is 3. The molecular formula is C25H17BO6. The number of carbonyl (C=O) groups excluding carboxylic acids is 1. The summed E-state index contributed by atoms with van der Waals surface area (Å²) in [7, 11) is 5.81. The zero-order valence-electron chi connectivity index (χ0n) is 17.4. The second-order valence-corrected chi connectivity index (χ2v) is 7.52. The summed E-state index contributed by atoms with van der Waals surface area (Å²) >= 11 is 0. The number of esters is 1. The first kappa shape index (κ1) is 19.9. The highest BCUT2D eigenvalue weighted by molar-refractivity contribution is 6.32. The number of benzene rings is 2. The molecule has 4 aromatic rings. The van der Waals surface area contributed by atoms with Crippen molar-refractivity contribution in [3.63, 3.8) is 0 Å². The maximum atomic E-state index is 13.1. The van der Waals surface area contributed by atoms with Crippen molar-refractivity contribution < 1.29 is 23.4 Å². The molecule has 0 spiro atoms. The van der Waals surface area contributed by atoms with Gasteiger partial charge in [0.2, 0.25) is 6.79 Å². The molecule has 0 amide bonds. The summed E-state index contributed by atoms with van der Waals surface area (Å²) in [5, 5.41) is 0.821. The lowest BCUT2D eigenvalue weighted by Crippen LogP contribution is -2.12. The molecule has 2 heterocycles. The summed E-state index contributed by atoms with van der Waals surface area (Å²) in [6, 6.07) is 15.1. The van der Waals surface area contributed by atoms with Crippen LogP contribution in [0.1, 0.15) is 21.9 Å². The Morgan fingerprint density at radius 1 is 0.906 bits per heavy atom. The molecule has 6 nitrogen and oxygen atoms in total. The van der Waals surface area contributed by atoms with E-state index in [1.165, 1.54) is 12.1 Å². The van der Waals surface area contributed by atoms with E-state index in [2.05, 4.69) is 0 Å². The molecule has 0 saturated heterocycles. The van der Waals surface area contributed by atoms with Crippen molar-refractivity contribution >= 4 is 30.1 Å². The average Bonchev–Trinajstić information content (AvgIpc) is 3.31. The van der Waals surface area contributed by atoms with E-state index in [1.54, 1.807) is 50.2 Å². The molecule has 5 rings (SSSR count). The predicted molar refractivity (Wildman–Crippen MR) is 120 cm³/mol. The maximum absolute atomic E-state index is 13.1. The van der Waals surface area contributed by atoms with Gasteiger partial charge in [-0.1, -0.05) is 29.7 Å². The Kier molecular flexibility index (Phi) is 4.74. The number of hydrogen-bond acceptors (Lipinski definition) is 6. The highest BCUT2D eigenvalue weighted by Crippen LogP contribution is 2.38. The van der Waals surface area contributed by atoms with Gasteiger partial charge in [0, 0.05) is 0 Å². The number of furan rings is 1. The largest absolute Gasteiger partial charge is 0.465 e. The molecule has 0 saturated carbocycles. The third-order valence-electron chi connectivity index (χ3n) is 5.36. The highest BCUT2D eigenvalue weighted by atomic mass is 16.7. The molecule has 1 aliphatic rings. The standard InChI is InChI=1S/C25H17BO6/c1-13-23-19(27)9-17(15-6-7-20-21(10-15)30-12-29-20)11-22(24(23)14(2)31-13)32-25(28)16-4-3-5-18(26)8-16/h3-11H,12H2,1-2H3. The number of ether oxygens (including phenoxy) is 3. The maximum Gasteiger partial charge on any atom is 0.343 e. The number of hydrogen-bond donors (Lipinski definition) is 0. The fourth-order valence-corrected chi connectivity index (χ4v) is 3.89. The molecule has 1 aromatic heterocycles. The van der Waals surface area contributed by atoms with Crippen LogP contribution >= 0.6 is 0 Å². The van der Waals surface area contributed by atoms with Crippen molar-refractivity contribution in [3.8, 4) is 28.4 Å². The van der Waals surface area contributed by atoms with Gasteiger partial charge in [-0.15, -0.1) is 0 Å². The third kappa shape index (κ3) is 3.41. The van der Waals surface area contributed by atoms with E-state index in [9.17, 15) is 9.59 Å². The SMILES string of the molecule is [B]c1cccc(C(=O)Oc2cc(-c3ccc4c(c3)OCO4)cc(=O)c3c(C)oc(C)c23)c1. The van der Waals surface area contributed by atoms with E-state index in [1.807, 2.05) is 6.07 Å². The molecule has 0 fully saturated rings. The van der Waals surface area contributed by atoms with Crippen LogP contribution in [0.2, 0.25) is 0 Å². The summed E-state index contributed by atoms with van der Waals surface area (Å²) < 4.78 is 22.3. The fraction of sp³-hybridized carbons (Fsp3) is 0.120. The van der Waals surface area contributed by atoms with E-state index in [0.29, 0.717) is 50.4 Å². The third-order valence-corrected chi connectivity index (χ3v) is 5.36. The molecule has 7 heteroatoms. The van der Waals surface area contributed by atoms with Gasteiger partial charge < -0.3 is 18.6 Å². The Hall–Kier alpha value is -4.00. The van der Waals surface area contributed by atoms with Gasteiger partial charge in [-0.3, -0.25) is 4.79 Å². The van der Waals surface area contributed by atoms with Crippen LogP contribution in [-0.2, 0) is 0 Å². The molecule has 3 aromatic carbocycles. The van der Waals surface area contributed by atoms with E-state index in [0.717, 1.165) is 5.56 Å².